The Morgan fingerprint density at radius 2 is 2.12 bits per heavy atom. The van der Waals surface area contributed by atoms with Crippen LogP contribution in [0.25, 0.3) is 11.1 Å². The van der Waals surface area contributed by atoms with Gasteiger partial charge in [-0.2, -0.15) is 4.98 Å². The van der Waals surface area contributed by atoms with Crippen molar-refractivity contribution in [3.63, 3.8) is 0 Å². The third-order valence-corrected chi connectivity index (χ3v) is 4.15. The molecule has 2 aromatic carbocycles. The molecule has 130 valence electrons. The molecule has 0 aliphatic heterocycles. The molecule has 0 atom stereocenters. The normalized spacial score (nSPS) is 11.3. The summed E-state index contributed by atoms with van der Waals surface area (Å²) in [5, 5.41) is 3.27. The Labute approximate surface area is 156 Å². The summed E-state index contributed by atoms with van der Waals surface area (Å²) in [7, 11) is 0. The van der Waals surface area contributed by atoms with E-state index < -0.39 is 0 Å². The number of allylic oxidation sites excluding steroid dienone is 2. The molecule has 0 bridgehead atoms. The van der Waals surface area contributed by atoms with Crippen molar-refractivity contribution < 1.29 is 9.15 Å². The van der Waals surface area contributed by atoms with Gasteiger partial charge in [0.05, 0.1) is 12.3 Å². The number of ether oxygens (including phenoxy) is 1. The number of fused-ring (bicyclic) bond motifs is 1. The van der Waals surface area contributed by atoms with Crippen molar-refractivity contribution in [2.45, 2.75) is 26.7 Å². The molecule has 1 N–H and O–H groups in total. The van der Waals surface area contributed by atoms with Gasteiger partial charge in [-0.1, -0.05) is 47.1 Å². The number of rotatable bonds is 7. The first-order valence-corrected chi connectivity index (χ1v) is 9.19. The van der Waals surface area contributed by atoms with Crippen LogP contribution in [-0.4, -0.2) is 11.6 Å². The highest BCUT2D eigenvalue weighted by atomic mass is 79.9. The number of aromatic nitrogens is 1. The summed E-state index contributed by atoms with van der Waals surface area (Å²) in [4.78, 5) is 4.49. The Morgan fingerprint density at radius 3 is 2.88 bits per heavy atom. The number of para-hydroxylation sites is 2. The number of benzene rings is 2. The second-order valence-electron chi connectivity index (χ2n) is 5.67. The molecule has 0 radical (unpaired) electrons. The maximum atomic E-state index is 6.03. The largest absolute Gasteiger partial charge is 0.491 e. The van der Waals surface area contributed by atoms with E-state index in [1.807, 2.05) is 43.3 Å². The van der Waals surface area contributed by atoms with E-state index in [1.165, 1.54) is 0 Å². The first-order valence-electron chi connectivity index (χ1n) is 8.40. The Bertz CT molecular complexity index is 854. The SMILES string of the molecule is C/C=C/Cc1cc(Br)cc(Nc2nc3ccccc3o2)c1OCCC. The molecule has 1 heterocycles. The van der Waals surface area contributed by atoms with Gasteiger partial charge >= 0.3 is 0 Å². The first kappa shape index (κ1) is 17.5. The summed E-state index contributed by atoms with van der Waals surface area (Å²) in [5.41, 5.74) is 3.53. The molecule has 0 spiro atoms. The number of hydrogen-bond donors (Lipinski definition) is 1. The van der Waals surface area contributed by atoms with Gasteiger partial charge in [0.1, 0.15) is 11.3 Å². The summed E-state index contributed by atoms with van der Waals surface area (Å²) in [5.74, 6) is 0.838. The lowest BCUT2D eigenvalue weighted by molar-refractivity contribution is 0.316. The van der Waals surface area contributed by atoms with Gasteiger partial charge in [-0.3, -0.25) is 0 Å². The van der Waals surface area contributed by atoms with E-state index >= 15 is 0 Å². The van der Waals surface area contributed by atoms with Crippen molar-refractivity contribution in [1.82, 2.24) is 4.98 Å². The fourth-order valence-corrected chi connectivity index (χ4v) is 3.06. The van der Waals surface area contributed by atoms with Crippen molar-refractivity contribution in [3.8, 4) is 5.75 Å². The minimum atomic E-state index is 0.456. The van der Waals surface area contributed by atoms with Crippen LogP contribution in [-0.2, 0) is 6.42 Å². The van der Waals surface area contributed by atoms with E-state index in [4.69, 9.17) is 9.15 Å². The molecule has 0 fully saturated rings. The van der Waals surface area contributed by atoms with Gasteiger partial charge in [-0.15, -0.1) is 0 Å². The fraction of sp³-hybridized carbons (Fsp3) is 0.250. The monoisotopic (exact) mass is 400 g/mol. The summed E-state index contributed by atoms with van der Waals surface area (Å²) in [6.07, 6.45) is 5.90. The minimum Gasteiger partial charge on any atom is -0.491 e. The van der Waals surface area contributed by atoms with Gasteiger partial charge in [0.15, 0.2) is 5.58 Å². The Morgan fingerprint density at radius 1 is 1.28 bits per heavy atom. The molecule has 0 unspecified atom stereocenters. The number of nitrogens with zero attached hydrogens (tertiary/aromatic N) is 1. The molecule has 3 aromatic rings. The van der Waals surface area contributed by atoms with Crippen LogP contribution in [0.15, 0.2) is 57.4 Å². The number of oxazole rings is 1. The third kappa shape index (κ3) is 4.23. The molecular weight excluding hydrogens is 380 g/mol. The lowest BCUT2D eigenvalue weighted by Gasteiger charge is -2.16. The van der Waals surface area contributed by atoms with Crippen molar-refractivity contribution in [3.05, 3.63) is 58.6 Å². The average molecular weight is 401 g/mol. The molecule has 25 heavy (non-hydrogen) atoms. The van der Waals surface area contributed by atoms with Gasteiger partial charge in [0.25, 0.3) is 6.01 Å². The van der Waals surface area contributed by atoms with Crippen LogP contribution < -0.4 is 10.1 Å². The van der Waals surface area contributed by atoms with Gasteiger partial charge in [-0.25, -0.2) is 0 Å². The third-order valence-electron chi connectivity index (χ3n) is 3.69. The standard InChI is InChI=1S/C20H21BrN2O2/c1-3-5-8-14-12-15(21)13-17(19(14)24-11-4-2)23-20-22-16-9-6-7-10-18(16)25-20/h3,5-7,9-10,12-13H,4,8,11H2,1-2H3,(H,22,23)/b5-3+. The van der Waals surface area contributed by atoms with Gasteiger partial charge in [0.2, 0.25) is 0 Å². The lowest BCUT2D eigenvalue weighted by Crippen LogP contribution is -2.03. The second-order valence-corrected chi connectivity index (χ2v) is 6.59. The van der Waals surface area contributed by atoms with E-state index in [1.54, 1.807) is 0 Å². The van der Waals surface area contributed by atoms with Crippen molar-refractivity contribution in [2.24, 2.45) is 0 Å². The molecule has 1 aromatic heterocycles. The Hall–Kier alpha value is -2.27. The van der Waals surface area contributed by atoms with E-state index in [9.17, 15) is 0 Å². The highest BCUT2D eigenvalue weighted by molar-refractivity contribution is 9.10. The zero-order valence-electron chi connectivity index (χ0n) is 14.4. The predicted molar refractivity (Wildman–Crippen MR) is 106 cm³/mol. The highest BCUT2D eigenvalue weighted by Crippen LogP contribution is 2.36. The first-order chi connectivity index (χ1) is 12.2. The summed E-state index contributed by atoms with van der Waals surface area (Å²) in [6, 6.07) is 12.2. The fourth-order valence-electron chi connectivity index (χ4n) is 2.55. The summed E-state index contributed by atoms with van der Waals surface area (Å²) >= 11 is 3.58. The van der Waals surface area contributed by atoms with Crippen LogP contribution in [0.3, 0.4) is 0 Å². The number of anilines is 2. The summed E-state index contributed by atoms with van der Waals surface area (Å²) in [6.45, 7) is 4.77. The maximum Gasteiger partial charge on any atom is 0.300 e. The van der Waals surface area contributed by atoms with E-state index in [0.717, 1.165) is 45.4 Å². The number of halogens is 1. The van der Waals surface area contributed by atoms with Crippen LogP contribution in [0, 0.1) is 0 Å². The molecule has 4 nitrogen and oxygen atoms in total. The molecule has 0 amide bonds. The zero-order chi connectivity index (χ0) is 17.6. The Balaban J connectivity index is 1.98. The van der Waals surface area contributed by atoms with Gasteiger partial charge in [0, 0.05) is 10.0 Å². The molecule has 0 saturated heterocycles. The van der Waals surface area contributed by atoms with Gasteiger partial charge < -0.3 is 14.5 Å². The van der Waals surface area contributed by atoms with Crippen molar-refractivity contribution >= 4 is 38.7 Å². The molecule has 0 saturated carbocycles. The predicted octanol–water partition coefficient (Wildman–Crippen LogP) is 6.24. The molecule has 3 rings (SSSR count). The maximum absolute atomic E-state index is 6.03. The van der Waals surface area contributed by atoms with Crippen LogP contribution in [0.5, 0.6) is 5.75 Å². The molecule has 5 heteroatoms. The smallest absolute Gasteiger partial charge is 0.300 e. The average Bonchev–Trinajstić information content (AvgIpc) is 3.01. The molecule has 0 aliphatic rings. The highest BCUT2D eigenvalue weighted by Gasteiger charge is 2.14. The molecule has 0 aliphatic carbocycles. The van der Waals surface area contributed by atoms with Crippen LogP contribution in [0.2, 0.25) is 0 Å². The molecular formula is C20H21BrN2O2. The van der Waals surface area contributed by atoms with Crippen LogP contribution in [0.4, 0.5) is 11.7 Å². The Kier molecular flexibility index (Phi) is 5.76. The minimum absolute atomic E-state index is 0.456. The number of nitrogens with one attached hydrogen (secondary N) is 1. The lowest BCUT2D eigenvalue weighted by atomic mass is 10.1. The van der Waals surface area contributed by atoms with Crippen molar-refractivity contribution in [1.29, 1.82) is 0 Å². The second kappa shape index (κ2) is 8.21. The zero-order valence-corrected chi connectivity index (χ0v) is 16.0. The quantitative estimate of drug-likeness (QED) is 0.476. The van der Waals surface area contributed by atoms with Gasteiger partial charge in [-0.05, 0) is 44.0 Å². The topological polar surface area (TPSA) is 47.3 Å². The van der Waals surface area contributed by atoms with E-state index in [-0.39, 0.29) is 0 Å². The summed E-state index contributed by atoms with van der Waals surface area (Å²) < 4.78 is 12.8. The van der Waals surface area contributed by atoms with Crippen molar-refractivity contribution in [2.75, 3.05) is 11.9 Å². The number of hydrogen-bond acceptors (Lipinski definition) is 4. The van der Waals surface area contributed by atoms with E-state index in [2.05, 4.69) is 45.3 Å². The van der Waals surface area contributed by atoms with Crippen LogP contribution in [0.1, 0.15) is 25.8 Å². The van der Waals surface area contributed by atoms with E-state index in [0.29, 0.717) is 12.6 Å². The van der Waals surface area contributed by atoms with Crippen LogP contribution >= 0.6 is 15.9 Å².